The Labute approximate surface area is 72.3 Å². The SMILES string of the molecule is CCCC[SiH](N)NCC(C)C. The first kappa shape index (κ1) is 11.1. The fourth-order valence-corrected chi connectivity index (χ4v) is 2.74. The van der Waals surface area contributed by atoms with Gasteiger partial charge >= 0.3 is 0 Å². The lowest BCUT2D eigenvalue weighted by atomic mass is 10.2. The van der Waals surface area contributed by atoms with E-state index in [1.165, 1.54) is 18.9 Å². The van der Waals surface area contributed by atoms with E-state index in [-0.39, 0.29) is 0 Å². The monoisotopic (exact) mass is 174 g/mol. The summed E-state index contributed by atoms with van der Waals surface area (Å²) in [5, 5.41) is 5.94. The summed E-state index contributed by atoms with van der Waals surface area (Å²) in [6.45, 7) is 7.74. The maximum atomic E-state index is 5.94. The van der Waals surface area contributed by atoms with Crippen LogP contribution in [0.5, 0.6) is 0 Å². The van der Waals surface area contributed by atoms with Gasteiger partial charge in [0.25, 0.3) is 0 Å². The maximum absolute atomic E-state index is 5.94. The highest BCUT2D eigenvalue weighted by Gasteiger charge is 2.03. The third-order valence-electron chi connectivity index (χ3n) is 1.66. The van der Waals surface area contributed by atoms with Crippen LogP contribution in [0.2, 0.25) is 6.04 Å². The van der Waals surface area contributed by atoms with E-state index in [0.29, 0.717) is 0 Å². The minimum absolute atomic E-state index is 0.732. The second-order valence-electron chi connectivity index (χ2n) is 3.55. The molecular formula is C8H22N2Si. The van der Waals surface area contributed by atoms with Crippen LogP contribution < -0.4 is 10.4 Å². The number of hydrogen-bond donors (Lipinski definition) is 2. The highest BCUT2D eigenvalue weighted by atomic mass is 28.3. The first-order chi connectivity index (χ1) is 5.16. The van der Waals surface area contributed by atoms with Crippen LogP contribution in [0.4, 0.5) is 0 Å². The van der Waals surface area contributed by atoms with E-state index in [4.69, 9.17) is 5.40 Å². The van der Waals surface area contributed by atoms with E-state index < -0.39 is 9.12 Å². The predicted octanol–water partition coefficient (Wildman–Crippen LogP) is 1.21. The molecule has 0 bridgehead atoms. The second kappa shape index (κ2) is 6.82. The molecule has 0 fully saturated rings. The molecule has 0 heterocycles. The molecule has 1 atom stereocenters. The van der Waals surface area contributed by atoms with Crippen LogP contribution in [0.15, 0.2) is 0 Å². The van der Waals surface area contributed by atoms with Crippen molar-refractivity contribution in [2.24, 2.45) is 11.3 Å². The first-order valence-corrected chi connectivity index (χ1v) is 6.71. The Bertz CT molecular complexity index is 86.2. The molecule has 3 N–H and O–H groups in total. The average Bonchev–Trinajstić information content (AvgIpc) is 1.97. The standard InChI is InChI=1S/C8H22N2Si/c1-4-5-6-11(9)10-7-8(2)3/h8,10-11H,4-7,9H2,1-3H3. The maximum Gasteiger partial charge on any atom is 0.181 e. The van der Waals surface area contributed by atoms with Crippen LogP contribution in [-0.2, 0) is 0 Å². The summed E-state index contributed by atoms with van der Waals surface area (Å²) in [6.07, 6.45) is 2.56. The van der Waals surface area contributed by atoms with Crippen LogP contribution >= 0.6 is 0 Å². The van der Waals surface area contributed by atoms with Gasteiger partial charge in [0.2, 0.25) is 0 Å². The molecule has 0 saturated carbocycles. The largest absolute Gasteiger partial charge is 0.341 e. The molecule has 3 heteroatoms. The summed E-state index contributed by atoms with van der Waals surface area (Å²) < 4.78 is 0. The summed E-state index contributed by atoms with van der Waals surface area (Å²) in [5.41, 5.74) is 0. The van der Waals surface area contributed by atoms with Gasteiger partial charge in [-0.15, -0.1) is 0 Å². The number of unbranched alkanes of at least 4 members (excludes halogenated alkanes) is 1. The van der Waals surface area contributed by atoms with Gasteiger partial charge in [-0.25, -0.2) is 0 Å². The van der Waals surface area contributed by atoms with Crippen molar-refractivity contribution in [3.63, 3.8) is 0 Å². The molecule has 0 aromatic carbocycles. The van der Waals surface area contributed by atoms with Crippen molar-refractivity contribution >= 4 is 9.12 Å². The van der Waals surface area contributed by atoms with E-state index in [1.807, 2.05) is 0 Å². The van der Waals surface area contributed by atoms with Gasteiger partial charge in [-0.2, -0.15) is 0 Å². The Morgan fingerprint density at radius 1 is 1.45 bits per heavy atom. The van der Waals surface area contributed by atoms with E-state index in [1.54, 1.807) is 0 Å². The molecule has 0 amide bonds. The Morgan fingerprint density at radius 2 is 2.09 bits per heavy atom. The van der Waals surface area contributed by atoms with Gasteiger partial charge in [-0.3, -0.25) is 0 Å². The lowest BCUT2D eigenvalue weighted by Crippen LogP contribution is -2.44. The predicted molar refractivity (Wildman–Crippen MR) is 53.9 cm³/mol. The Kier molecular flexibility index (Phi) is 6.91. The fraction of sp³-hybridized carbons (Fsp3) is 1.00. The molecule has 11 heavy (non-hydrogen) atoms. The summed E-state index contributed by atoms with van der Waals surface area (Å²) in [6, 6.07) is 1.24. The van der Waals surface area contributed by atoms with Crippen LogP contribution in [0.1, 0.15) is 33.6 Å². The van der Waals surface area contributed by atoms with Crippen molar-refractivity contribution in [2.75, 3.05) is 6.54 Å². The van der Waals surface area contributed by atoms with Crippen LogP contribution in [0, 0.1) is 5.92 Å². The van der Waals surface area contributed by atoms with Crippen molar-refractivity contribution in [1.29, 1.82) is 0 Å². The van der Waals surface area contributed by atoms with Gasteiger partial charge < -0.3 is 10.4 Å². The lowest BCUT2D eigenvalue weighted by molar-refractivity contribution is 0.626. The smallest absolute Gasteiger partial charge is 0.181 e. The van der Waals surface area contributed by atoms with Gasteiger partial charge in [0.05, 0.1) is 0 Å². The lowest BCUT2D eigenvalue weighted by Gasteiger charge is -2.12. The summed E-state index contributed by atoms with van der Waals surface area (Å²) in [7, 11) is -1.03. The molecule has 0 spiro atoms. The molecular weight excluding hydrogens is 152 g/mol. The number of nitrogens with one attached hydrogen (secondary N) is 1. The second-order valence-corrected chi connectivity index (χ2v) is 5.75. The Balaban J connectivity index is 3.15. The van der Waals surface area contributed by atoms with Crippen LogP contribution in [-0.4, -0.2) is 15.7 Å². The number of hydrogen-bond acceptors (Lipinski definition) is 2. The summed E-state index contributed by atoms with van der Waals surface area (Å²) in [5.74, 6) is 0.732. The van der Waals surface area contributed by atoms with Crippen molar-refractivity contribution in [3.8, 4) is 0 Å². The highest BCUT2D eigenvalue weighted by Crippen LogP contribution is 1.95. The Morgan fingerprint density at radius 3 is 2.55 bits per heavy atom. The van der Waals surface area contributed by atoms with Crippen molar-refractivity contribution < 1.29 is 0 Å². The zero-order chi connectivity index (χ0) is 8.69. The highest BCUT2D eigenvalue weighted by molar-refractivity contribution is 6.52. The van der Waals surface area contributed by atoms with Crippen molar-refractivity contribution in [1.82, 2.24) is 4.98 Å². The van der Waals surface area contributed by atoms with Gasteiger partial charge in [0, 0.05) is 0 Å². The molecule has 0 aromatic heterocycles. The van der Waals surface area contributed by atoms with Crippen molar-refractivity contribution in [3.05, 3.63) is 0 Å². The molecule has 2 nitrogen and oxygen atoms in total. The van der Waals surface area contributed by atoms with Gasteiger partial charge in [-0.1, -0.05) is 33.6 Å². The number of nitrogens with two attached hydrogens (primary N) is 1. The molecule has 0 aromatic rings. The summed E-state index contributed by atoms with van der Waals surface area (Å²) >= 11 is 0. The van der Waals surface area contributed by atoms with Gasteiger partial charge in [0.1, 0.15) is 0 Å². The van der Waals surface area contributed by atoms with E-state index in [0.717, 1.165) is 12.5 Å². The molecule has 0 aliphatic carbocycles. The zero-order valence-corrected chi connectivity index (χ0v) is 9.22. The fourth-order valence-electron chi connectivity index (χ4n) is 0.913. The molecule has 0 aliphatic rings. The average molecular weight is 174 g/mol. The van der Waals surface area contributed by atoms with Gasteiger partial charge in [-0.05, 0) is 18.5 Å². The van der Waals surface area contributed by atoms with E-state index in [9.17, 15) is 0 Å². The molecule has 0 saturated heterocycles. The van der Waals surface area contributed by atoms with E-state index in [2.05, 4.69) is 25.8 Å². The summed E-state index contributed by atoms with van der Waals surface area (Å²) in [4.78, 5) is 3.43. The minimum atomic E-state index is -1.03. The third-order valence-corrected chi connectivity index (χ3v) is 3.45. The minimum Gasteiger partial charge on any atom is -0.341 e. The van der Waals surface area contributed by atoms with Crippen LogP contribution in [0.25, 0.3) is 0 Å². The van der Waals surface area contributed by atoms with Crippen molar-refractivity contribution in [2.45, 2.75) is 39.7 Å². The van der Waals surface area contributed by atoms with Gasteiger partial charge in [0.15, 0.2) is 9.12 Å². The molecule has 0 aliphatic heterocycles. The molecule has 68 valence electrons. The third kappa shape index (κ3) is 8.04. The molecule has 0 radical (unpaired) electrons. The number of rotatable bonds is 6. The van der Waals surface area contributed by atoms with Crippen LogP contribution in [0.3, 0.4) is 0 Å². The normalized spacial score (nSPS) is 13.9. The zero-order valence-electron chi connectivity index (χ0n) is 8.06. The van der Waals surface area contributed by atoms with E-state index >= 15 is 0 Å². The first-order valence-electron chi connectivity index (χ1n) is 4.65. The Hall–Kier alpha value is 0.137. The topological polar surface area (TPSA) is 38.0 Å². The quantitative estimate of drug-likeness (QED) is 0.594. The molecule has 0 rings (SSSR count). The molecule has 1 unspecified atom stereocenters.